The quantitative estimate of drug-likeness (QED) is 0.841. The summed E-state index contributed by atoms with van der Waals surface area (Å²) in [5.74, 6) is 0.575. The standard InChI is InChI=1S/C20H24ClN3O2/c1-15-12-18(19(26-2)13-17(15)21)22-20(25)14-23-8-10-24(11-9-23)16-6-4-3-5-7-16/h3-7,12-13H,8-11,14H2,1-2H3,(H,22,25)/p+1. The zero-order chi connectivity index (χ0) is 18.5. The van der Waals surface area contributed by atoms with Gasteiger partial charge in [0, 0.05) is 16.8 Å². The van der Waals surface area contributed by atoms with Gasteiger partial charge in [-0.2, -0.15) is 0 Å². The Morgan fingerprint density at radius 1 is 1.23 bits per heavy atom. The molecule has 0 spiro atoms. The Labute approximate surface area is 159 Å². The van der Waals surface area contributed by atoms with Gasteiger partial charge >= 0.3 is 0 Å². The lowest BCUT2D eigenvalue weighted by Gasteiger charge is -2.33. The van der Waals surface area contributed by atoms with Crippen LogP contribution in [-0.2, 0) is 4.79 Å². The van der Waals surface area contributed by atoms with E-state index in [1.807, 2.05) is 19.1 Å². The summed E-state index contributed by atoms with van der Waals surface area (Å²) in [5.41, 5.74) is 2.82. The lowest BCUT2D eigenvalue weighted by molar-refractivity contribution is -0.892. The van der Waals surface area contributed by atoms with Gasteiger partial charge in [0.05, 0.1) is 39.0 Å². The van der Waals surface area contributed by atoms with Crippen molar-refractivity contribution in [3.8, 4) is 5.75 Å². The van der Waals surface area contributed by atoms with Gasteiger partial charge in [-0.3, -0.25) is 4.79 Å². The lowest BCUT2D eigenvalue weighted by atomic mass is 10.2. The highest BCUT2D eigenvalue weighted by Gasteiger charge is 2.22. The van der Waals surface area contributed by atoms with Crippen LogP contribution in [0.3, 0.4) is 0 Å². The normalized spacial score (nSPS) is 15.0. The van der Waals surface area contributed by atoms with E-state index in [1.54, 1.807) is 13.2 Å². The molecule has 3 rings (SSSR count). The Bertz CT molecular complexity index is 759. The van der Waals surface area contributed by atoms with E-state index in [9.17, 15) is 4.79 Å². The van der Waals surface area contributed by atoms with E-state index in [2.05, 4.69) is 34.5 Å². The maximum Gasteiger partial charge on any atom is 0.279 e. The van der Waals surface area contributed by atoms with Crippen LogP contribution in [0.4, 0.5) is 11.4 Å². The number of hydrogen-bond acceptors (Lipinski definition) is 3. The number of nitrogens with one attached hydrogen (secondary N) is 2. The third-order valence-corrected chi connectivity index (χ3v) is 5.16. The Kier molecular flexibility index (Phi) is 6.01. The van der Waals surface area contributed by atoms with E-state index in [1.165, 1.54) is 10.6 Å². The fourth-order valence-corrected chi connectivity index (χ4v) is 3.40. The number of ether oxygens (including phenoxy) is 1. The van der Waals surface area contributed by atoms with Crippen LogP contribution >= 0.6 is 11.6 Å². The summed E-state index contributed by atoms with van der Waals surface area (Å²) in [6, 6.07) is 14.0. The second-order valence-electron chi connectivity index (χ2n) is 6.60. The first-order valence-electron chi connectivity index (χ1n) is 8.84. The number of para-hydroxylation sites is 1. The molecule has 26 heavy (non-hydrogen) atoms. The third-order valence-electron chi connectivity index (χ3n) is 4.76. The molecule has 0 aliphatic carbocycles. The van der Waals surface area contributed by atoms with E-state index in [0.717, 1.165) is 31.7 Å². The molecule has 0 radical (unpaired) electrons. The average molecular weight is 375 g/mol. The molecular weight excluding hydrogens is 350 g/mol. The van der Waals surface area contributed by atoms with Crippen molar-refractivity contribution >= 4 is 28.9 Å². The molecular formula is C20H25ClN3O2+. The summed E-state index contributed by atoms with van der Waals surface area (Å²) in [6.45, 7) is 6.16. The minimum Gasteiger partial charge on any atom is -0.495 e. The summed E-state index contributed by atoms with van der Waals surface area (Å²) < 4.78 is 5.32. The molecule has 1 heterocycles. The smallest absolute Gasteiger partial charge is 0.279 e. The Balaban J connectivity index is 1.54. The zero-order valence-corrected chi connectivity index (χ0v) is 16.0. The van der Waals surface area contributed by atoms with Crippen LogP contribution in [0.5, 0.6) is 5.75 Å². The van der Waals surface area contributed by atoms with E-state index >= 15 is 0 Å². The maximum absolute atomic E-state index is 12.5. The molecule has 0 bridgehead atoms. The minimum atomic E-state index is -0.00631. The van der Waals surface area contributed by atoms with E-state index in [0.29, 0.717) is 23.0 Å². The molecule has 0 atom stereocenters. The highest BCUT2D eigenvalue weighted by Crippen LogP contribution is 2.30. The minimum absolute atomic E-state index is 0.00631. The predicted octanol–water partition coefficient (Wildman–Crippen LogP) is 2.00. The van der Waals surface area contributed by atoms with Crippen molar-refractivity contribution in [1.29, 1.82) is 0 Å². The van der Waals surface area contributed by atoms with E-state index in [4.69, 9.17) is 16.3 Å². The van der Waals surface area contributed by atoms with Crippen molar-refractivity contribution in [2.24, 2.45) is 0 Å². The number of carbonyl (C=O) groups is 1. The fourth-order valence-electron chi connectivity index (χ4n) is 3.25. The van der Waals surface area contributed by atoms with Crippen LogP contribution in [0, 0.1) is 6.92 Å². The Morgan fingerprint density at radius 2 is 1.92 bits per heavy atom. The van der Waals surface area contributed by atoms with Gasteiger partial charge in [0.15, 0.2) is 6.54 Å². The van der Waals surface area contributed by atoms with Gasteiger partial charge in [-0.05, 0) is 30.7 Å². The average Bonchev–Trinajstić information content (AvgIpc) is 2.66. The number of methoxy groups -OCH3 is 1. The molecule has 5 nitrogen and oxygen atoms in total. The summed E-state index contributed by atoms with van der Waals surface area (Å²) >= 11 is 6.12. The van der Waals surface area contributed by atoms with Gasteiger partial charge in [-0.25, -0.2) is 0 Å². The van der Waals surface area contributed by atoms with Crippen molar-refractivity contribution in [2.45, 2.75) is 6.92 Å². The van der Waals surface area contributed by atoms with Gasteiger partial charge in [-0.1, -0.05) is 29.8 Å². The third kappa shape index (κ3) is 4.48. The molecule has 1 amide bonds. The van der Waals surface area contributed by atoms with Crippen molar-refractivity contribution in [2.75, 3.05) is 50.1 Å². The number of anilines is 2. The summed E-state index contributed by atoms with van der Waals surface area (Å²) in [7, 11) is 1.57. The number of carbonyl (C=O) groups excluding carboxylic acids is 1. The highest BCUT2D eigenvalue weighted by molar-refractivity contribution is 6.31. The molecule has 1 aliphatic heterocycles. The highest BCUT2D eigenvalue weighted by atomic mass is 35.5. The largest absolute Gasteiger partial charge is 0.495 e. The molecule has 0 unspecified atom stereocenters. The second-order valence-corrected chi connectivity index (χ2v) is 7.01. The van der Waals surface area contributed by atoms with Crippen LogP contribution in [-0.4, -0.2) is 45.7 Å². The van der Waals surface area contributed by atoms with Gasteiger partial charge in [0.1, 0.15) is 5.75 Å². The fraction of sp³-hybridized carbons (Fsp3) is 0.350. The molecule has 1 aliphatic rings. The van der Waals surface area contributed by atoms with Gasteiger partial charge in [0.2, 0.25) is 0 Å². The van der Waals surface area contributed by atoms with Crippen LogP contribution < -0.4 is 19.9 Å². The first-order valence-corrected chi connectivity index (χ1v) is 9.22. The number of benzene rings is 2. The van der Waals surface area contributed by atoms with Gasteiger partial charge < -0.3 is 19.9 Å². The Morgan fingerprint density at radius 3 is 2.58 bits per heavy atom. The van der Waals surface area contributed by atoms with Crippen molar-refractivity contribution in [3.63, 3.8) is 0 Å². The number of nitrogens with zero attached hydrogens (tertiary/aromatic N) is 1. The summed E-state index contributed by atoms with van der Waals surface area (Å²) in [4.78, 5) is 16.1. The van der Waals surface area contributed by atoms with E-state index < -0.39 is 0 Å². The summed E-state index contributed by atoms with van der Waals surface area (Å²) in [6.07, 6.45) is 0. The number of rotatable bonds is 5. The maximum atomic E-state index is 12.5. The van der Waals surface area contributed by atoms with Crippen LogP contribution in [0.25, 0.3) is 0 Å². The molecule has 0 saturated carbocycles. The molecule has 1 saturated heterocycles. The monoisotopic (exact) mass is 374 g/mol. The van der Waals surface area contributed by atoms with Crippen LogP contribution in [0.1, 0.15) is 5.56 Å². The summed E-state index contributed by atoms with van der Waals surface area (Å²) in [5, 5.41) is 3.59. The molecule has 2 aromatic rings. The molecule has 1 fully saturated rings. The number of quaternary nitrogens is 1. The lowest BCUT2D eigenvalue weighted by Crippen LogP contribution is -3.15. The molecule has 138 valence electrons. The zero-order valence-electron chi connectivity index (χ0n) is 15.2. The number of aryl methyl sites for hydroxylation is 1. The van der Waals surface area contributed by atoms with Crippen molar-refractivity contribution < 1.29 is 14.4 Å². The second kappa shape index (κ2) is 8.43. The molecule has 0 aromatic heterocycles. The van der Waals surface area contributed by atoms with Gasteiger partial charge in [-0.15, -0.1) is 0 Å². The topological polar surface area (TPSA) is 46.0 Å². The van der Waals surface area contributed by atoms with Crippen LogP contribution in [0.2, 0.25) is 5.02 Å². The van der Waals surface area contributed by atoms with Crippen molar-refractivity contribution in [3.05, 3.63) is 53.1 Å². The number of hydrogen-bond donors (Lipinski definition) is 2. The molecule has 2 N–H and O–H groups in total. The van der Waals surface area contributed by atoms with Crippen molar-refractivity contribution in [1.82, 2.24) is 0 Å². The first-order chi connectivity index (χ1) is 12.6. The number of halogens is 1. The predicted molar refractivity (Wildman–Crippen MR) is 106 cm³/mol. The Hall–Kier alpha value is -2.24. The number of piperazine rings is 1. The SMILES string of the molecule is COc1cc(Cl)c(C)cc1NC(=O)C[NH+]1CCN(c2ccccc2)CC1. The number of amides is 1. The molecule has 2 aromatic carbocycles. The van der Waals surface area contributed by atoms with E-state index in [-0.39, 0.29) is 5.91 Å². The molecule has 6 heteroatoms. The first kappa shape index (κ1) is 18.5. The van der Waals surface area contributed by atoms with Gasteiger partial charge in [0.25, 0.3) is 5.91 Å². The van der Waals surface area contributed by atoms with Crippen LogP contribution in [0.15, 0.2) is 42.5 Å².